The van der Waals surface area contributed by atoms with Crippen LogP contribution in [0.2, 0.25) is 0 Å². The first-order valence-corrected chi connectivity index (χ1v) is 4.32. The number of carbonyl (C=O) groups is 1. The lowest BCUT2D eigenvalue weighted by molar-refractivity contribution is 0.0517. The summed E-state index contributed by atoms with van der Waals surface area (Å²) >= 11 is 0. The number of rotatable bonds is 4. The lowest BCUT2D eigenvalue weighted by atomic mass is 10.4. The number of hydrogen-bond donors (Lipinski definition) is 1. The number of aromatic nitrogens is 2. The molecule has 0 fully saturated rings. The van der Waals surface area contributed by atoms with Gasteiger partial charge in [-0.25, -0.2) is 13.6 Å². The third-order valence-corrected chi connectivity index (χ3v) is 1.58. The first-order chi connectivity index (χ1) is 7.04. The smallest absolute Gasteiger partial charge is 0.361 e. The highest BCUT2D eigenvalue weighted by Gasteiger charge is 2.17. The van der Waals surface area contributed by atoms with Crippen molar-refractivity contribution in [3.8, 4) is 0 Å². The fraction of sp³-hybridized carbons (Fsp3) is 0.500. The maximum absolute atomic E-state index is 12.0. The summed E-state index contributed by atoms with van der Waals surface area (Å²) in [5.74, 6) is -0.706. The molecule has 0 radical (unpaired) electrons. The molecule has 0 saturated heterocycles. The molecule has 5 nitrogen and oxygen atoms in total. The zero-order valence-corrected chi connectivity index (χ0v) is 8.11. The average Bonchev–Trinajstić information content (AvgIpc) is 2.46. The van der Waals surface area contributed by atoms with Crippen molar-refractivity contribution in [1.82, 2.24) is 9.78 Å². The highest BCUT2D eigenvalue weighted by molar-refractivity contribution is 5.92. The number of hydrogen-bond acceptors (Lipinski definition) is 4. The number of alkyl halides is 2. The third-order valence-electron chi connectivity index (χ3n) is 1.58. The Hall–Kier alpha value is -1.66. The number of anilines is 1. The predicted octanol–water partition coefficient (Wildman–Crippen LogP) is 0.907. The summed E-state index contributed by atoms with van der Waals surface area (Å²) in [7, 11) is 0. The average molecular weight is 219 g/mol. The topological polar surface area (TPSA) is 70.1 Å². The SMILES string of the molecule is CCOC(=O)c1nn(CC(F)F)cc1N. The third kappa shape index (κ3) is 2.90. The van der Waals surface area contributed by atoms with Crippen LogP contribution in [-0.4, -0.2) is 28.8 Å². The van der Waals surface area contributed by atoms with Gasteiger partial charge in [0.15, 0.2) is 5.69 Å². The van der Waals surface area contributed by atoms with Crippen LogP contribution in [0.4, 0.5) is 14.5 Å². The molecule has 0 saturated carbocycles. The van der Waals surface area contributed by atoms with Crippen molar-refractivity contribution in [3.63, 3.8) is 0 Å². The van der Waals surface area contributed by atoms with Gasteiger partial charge in [-0.2, -0.15) is 5.10 Å². The van der Waals surface area contributed by atoms with Crippen molar-refractivity contribution in [2.24, 2.45) is 0 Å². The summed E-state index contributed by atoms with van der Waals surface area (Å²) in [4.78, 5) is 11.2. The van der Waals surface area contributed by atoms with Crippen molar-refractivity contribution in [2.75, 3.05) is 12.3 Å². The Morgan fingerprint density at radius 2 is 2.40 bits per heavy atom. The van der Waals surface area contributed by atoms with E-state index in [0.717, 1.165) is 4.68 Å². The molecule has 1 aromatic rings. The Morgan fingerprint density at radius 1 is 1.73 bits per heavy atom. The summed E-state index contributed by atoms with van der Waals surface area (Å²) < 4.78 is 29.6. The fourth-order valence-corrected chi connectivity index (χ4v) is 1.03. The summed E-state index contributed by atoms with van der Waals surface area (Å²) in [5, 5.41) is 3.61. The molecule has 1 aromatic heterocycles. The number of nitrogen functional groups attached to an aromatic ring is 1. The van der Waals surface area contributed by atoms with E-state index in [2.05, 4.69) is 9.84 Å². The van der Waals surface area contributed by atoms with Crippen molar-refractivity contribution >= 4 is 11.7 Å². The van der Waals surface area contributed by atoms with Gasteiger partial charge in [0, 0.05) is 6.20 Å². The van der Waals surface area contributed by atoms with Gasteiger partial charge in [0.1, 0.15) is 6.54 Å². The van der Waals surface area contributed by atoms with Crippen molar-refractivity contribution in [1.29, 1.82) is 0 Å². The van der Waals surface area contributed by atoms with Gasteiger partial charge in [0.2, 0.25) is 0 Å². The largest absolute Gasteiger partial charge is 0.461 e. The molecule has 2 N–H and O–H groups in total. The van der Waals surface area contributed by atoms with Crippen LogP contribution in [0.15, 0.2) is 6.20 Å². The van der Waals surface area contributed by atoms with Gasteiger partial charge in [0.05, 0.1) is 12.3 Å². The minimum atomic E-state index is -2.54. The zero-order valence-electron chi connectivity index (χ0n) is 8.11. The monoisotopic (exact) mass is 219 g/mol. The van der Waals surface area contributed by atoms with Gasteiger partial charge in [-0.05, 0) is 6.92 Å². The van der Waals surface area contributed by atoms with Crippen LogP contribution in [0.1, 0.15) is 17.4 Å². The van der Waals surface area contributed by atoms with Gasteiger partial charge < -0.3 is 10.5 Å². The number of carbonyl (C=O) groups excluding carboxylic acids is 1. The molecule has 7 heteroatoms. The molecule has 0 unspecified atom stereocenters. The summed E-state index contributed by atoms with van der Waals surface area (Å²) in [6, 6.07) is 0. The van der Waals surface area contributed by atoms with Crippen LogP contribution in [0.3, 0.4) is 0 Å². The summed E-state index contributed by atoms with van der Waals surface area (Å²) in [6.07, 6.45) is -1.36. The van der Waals surface area contributed by atoms with E-state index in [-0.39, 0.29) is 18.0 Å². The predicted molar refractivity (Wildman–Crippen MR) is 48.6 cm³/mol. The maximum atomic E-state index is 12.0. The van der Waals surface area contributed by atoms with Crippen LogP contribution in [-0.2, 0) is 11.3 Å². The zero-order chi connectivity index (χ0) is 11.4. The van der Waals surface area contributed by atoms with Gasteiger partial charge in [0.25, 0.3) is 6.43 Å². The summed E-state index contributed by atoms with van der Waals surface area (Å²) in [5.41, 5.74) is 5.33. The van der Waals surface area contributed by atoms with E-state index in [1.54, 1.807) is 6.92 Å². The molecule has 15 heavy (non-hydrogen) atoms. The second-order valence-electron chi connectivity index (χ2n) is 2.77. The number of nitrogens with two attached hydrogens (primary N) is 1. The summed E-state index contributed by atoms with van der Waals surface area (Å²) in [6.45, 7) is 1.22. The van der Waals surface area contributed by atoms with Crippen LogP contribution in [0, 0.1) is 0 Å². The van der Waals surface area contributed by atoms with E-state index in [0.29, 0.717) is 0 Å². The second-order valence-corrected chi connectivity index (χ2v) is 2.77. The van der Waals surface area contributed by atoms with E-state index in [9.17, 15) is 13.6 Å². The second kappa shape index (κ2) is 4.72. The number of ether oxygens (including phenoxy) is 1. The molecule has 0 aliphatic rings. The van der Waals surface area contributed by atoms with E-state index in [4.69, 9.17) is 5.73 Å². The molecule has 0 amide bonds. The van der Waals surface area contributed by atoms with Crippen molar-refractivity contribution < 1.29 is 18.3 Å². The Labute approximate surface area is 84.8 Å². The first-order valence-electron chi connectivity index (χ1n) is 4.32. The number of nitrogens with zero attached hydrogens (tertiary/aromatic N) is 2. The number of esters is 1. The molecule has 0 aliphatic carbocycles. The highest BCUT2D eigenvalue weighted by atomic mass is 19.3. The minimum absolute atomic E-state index is 0.0362. The quantitative estimate of drug-likeness (QED) is 0.764. The Balaban J connectivity index is 2.81. The van der Waals surface area contributed by atoms with E-state index in [1.165, 1.54) is 6.20 Å². The fourth-order valence-electron chi connectivity index (χ4n) is 1.03. The molecular formula is C8H11F2N3O2. The van der Waals surface area contributed by atoms with Crippen molar-refractivity contribution in [3.05, 3.63) is 11.9 Å². The molecule has 0 aromatic carbocycles. The lowest BCUT2D eigenvalue weighted by Gasteiger charge is -1.99. The van der Waals surface area contributed by atoms with E-state index >= 15 is 0 Å². The Morgan fingerprint density at radius 3 is 2.93 bits per heavy atom. The Bertz CT molecular complexity index is 352. The van der Waals surface area contributed by atoms with Gasteiger partial charge in [-0.3, -0.25) is 4.68 Å². The normalized spacial score (nSPS) is 10.7. The lowest BCUT2D eigenvalue weighted by Crippen LogP contribution is -2.10. The molecule has 0 aliphatic heterocycles. The van der Waals surface area contributed by atoms with Crippen LogP contribution < -0.4 is 5.73 Å². The van der Waals surface area contributed by atoms with Crippen LogP contribution >= 0.6 is 0 Å². The van der Waals surface area contributed by atoms with E-state index < -0.39 is 18.9 Å². The van der Waals surface area contributed by atoms with Crippen LogP contribution in [0.5, 0.6) is 0 Å². The first kappa shape index (κ1) is 11.4. The van der Waals surface area contributed by atoms with Crippen molar-refractivity contribution in [2.45, 2.75) is 19.9 Å². The van der Waals surface area contributed by atoms with E-state index in [1.807, 2.05) is 0 Å². The molecular weight excluding hydrogens is 208 g/mol. The number of halogens is 2. The molecule has 1 rings (SSSR count). The molecule has 0 atom stereocenters. The molecule has 1 heterocycles. The van der Waals surface area contributed by atoms with Gasteiger partial charge >= 0.3 is 5.97 Å². The Kier molecular flexibility index (Phi) is 3.59. The standard InChI is InChI=1S/C8H11F2N3O2/c1-2-15-8(14)7-5(11)3-13(12-7)4-6(9)10/h3,6H,2,4,11H2,1H3. The highest BCUT2D eigenvalue weighted by Crippen LogP contribution is 2.11. The molecule has 0 spiro atoms. The minimum Gasteiger partial charge on any atom is -0.461 e. The maximum Gasteiger partial charge on any atom is 0.361 e. The van der Waals surface area contributed by atoms with Gasteiger partial charge in [-0.15, -0.1) is 0 Å². The van der Waals surface area contributed by atoms with Gasteiger partial charge in [-0.1, -0.05) is 0 Å². The van der Waals surface area contributed by atoms with Crippen LogP contribution in [0.25, 0.3) is 0 Å². The molecule has 84 valence electrons. The molecule has 0 bridgehead atoms.